The Balaban J connectivity index is 2.29. The van der Waals surface area contributed by atoms with Crippen LogP contribution in [0.25, 0.3) is 0 Å². The number of guanidine groups is 1. The molecule has 0 radical (unpaired) electrons. The molecule has 0 aromatic heterocycles. The Morgan fingerprint density at radius 2 is 1.95 bits per heavy atom. The lowest BCUT2D eigenvalue weighted by Crippen LogP contribution is -2.51. The molecule has 3 nitrogen and oxygen atoms in total. The summed E-state index contributed by atoms with van der Waals surface area (Å²) < 4.78 is 0. The third kappa shape index (κ3) is 2.54. The zero-order valence-corrected chi connectivity index (χ0v) is 13.2. The summed E-state index contributed by atoms with van der Waals surface area (Å²) in [5, 5.41) is 0. The fourth-order valence-corrected chi connectivity index (χ4v) is 3.08. The molecule has 1 aliphatic rings. The summed E-state index contributed by atoms with van der Waals surface area (Å²) in [6.45, 7) is 9.62. The van der Waals surface area contributed by atoms with Crippen LogP contribution >= 0.6 is 0 Å². The van der Waals surface area contributed by atoms with Gasteiger partial charge in [0.05, 0.1) is 12.1 Å². The van der Waals surface area contributed by atoms with Gasteiger partial charge in [-0.2, -0.15) is 0 Å². The van der Waals surface area contributed by atoms with Crippen molar-refractivity contribution in [1.29, 1.82) is 0 Å². The average molecular weight is 273 g/mol. The molecule has 3 heteroatoms. The summed E-state index contributed by atoms with van der Waals surface area (Å²) in [4.78, 5) is 6.77. The van der Waals surface area contributed by atoms with Gasteiger partial charge in [0.1, 0.15) is 0 Å². The normalized spacial score (nSPS) is 23.8. The van der Waals surface area contributed by atoms with Crippen molar-refractivity contribution in [3.63, 3.8) is 0 Å². The Hall–Kier alpha value is -1.51. The Morgan fingerprint density at radius 1 is 1.30 bits per heavy atom. The van der Waals surface area contributed by atoms with Crippen molar-refractivity contribution in [2.75, 3.05) is 6.54 Å². The van der Waals surface area contributed by atoms with Crippen molar-refractivity contribution in [2.45, 2.75) is 58.5 Å². The summed E-state index contributed by atoms with van der Waals surface area (Å²) >= 11 is 0. The van der Waals surface area contributed by atoms with E-state index in [0.29, 0.717) is 12.0 Å². The van der Waals surface area contributed by atoms with E-state index in [2.05, 4.69) is 61.9 Å². The fourth-order valence-electron chi connectivity index (χ4n) is 3.08. The molecular weight excluding hydrogens is 246 g/mol. The van der Waals surface area contributed by atoms with Crippen LogP contribution in [0.5, 0.6) is 0 Å². The molecule has 2 unspecified atom stereocenters. The molecule has 0 fully saturated rings. The first kappa shape index (κ1) is 14.9. The molecular formula is C17H27N3. The Kier molecular flexibility index (Phi) is 4.36. The number of aryl methyl sites for hydroxylation is 1. The van der Waals surface area contributed by atoms with E-state index in [9.17, 15) is 0 Å². The maximum atomic E-state index is 6.12. The molecule has 0 aliphatic carbocycles. The molecule has 1 heterocycles. The minimum absolute atomic E-state index is 0.107. The van der Waals surface area contributed by atoms with Gasteiger partial charge in [0.25, 0.3) is 0 Å². The topological polar surface area (TPSA) is 41.6 Å². The van der Waals surface area contributed by atoms with Gasteiger partial charge < -0.3 is 10.6 Å². The highest BCUT2D eigenvalue weighted by atomic mass is 15.4. The van der Waals surface area contributed by atoms with Crippen molar-refractivity contribution in [3.05, 3.63) is 35.4 Å². The van der Waals surface area contributed by atoms with E-state index in [1.54, 1.807) is 0 Å². The molecule has 1 aromatic rings. The summed E-state index contributed by atoms with van der Waals surface area (Å²) in [5.74, 6) is 0.680. The number of benzene rings is 1. The smallest absolute Gasteiger partial charge is 0.192 e. The summed E-state index contributed by atoms with van der Waals surface area (Å²) in [6, 6.07) is 9.38. The zero-order valence-electron chi connectivity index (χ0n) is 13.2. The Bertz CT molecular complexity index is 478. The average Bonchev–Trinajstić information content (AvgIpc) is 2.76. The van der Waals surface area contributed by atoms with E-state index in [1.165, 1.54) is 17.5 Å². The fraction of sp³-hybridized carbons (Fsp3) is 0.588. The molecule has 1 aliphatic heterocycles. The van der Waals surface area contributed by atoms with Crippen LogP contribution in [-0.2, 0) is 12.0 Å². The van der Waals surface area contributed by atoms with Gasteiger partial charge in [-0.3, -0.25) is 4.99 Å². The second kappa shape index (κ2) is 5.86. The largest absolute Gasteiger partial charge is 0.370 e. The van der Waals surface area contributed by atoms with Crippen LogP contribution in [-0.4, -0.2) is 23.4 Å². The van der Waals surface area contributed by atoms with E-state index < -0.39 is 0 Å². The molecule has 110 valence electrons. The third-order valence-corrected chi connectivity index (χ3v) is 4.47. The Morgan fingerprint density at radius 3 is 2.50 bits per heavy atom. The molecule has 0 spiro atoms. The molecule has 20 heavy (non-hydrogen) atoms. The predicted octanol–water partition coefficient (Wildman–Crippen LogP) is 3.28. The van der Waals surface area contributed by atoms with E-state index in [0.717, 1.165) is 19.4 Å². The van der Waals surface area contributed by atoms with Crippen LogP contribution in [0.3, 0.4) is 0 Å². The summed E-state index contributed by atoms with van der Waals surface area (Å²) in [7, 11) is 0. The lowest BCUT2D eigenvalue weighted by molar-refractivity contribution is 0.171. The van der Waals surface area contributed by atoms with E-state index >= 15 is 0 Å². The number of aliphatic imine (C=N–C) groups is 1. The number of hydrogen-bond donors (Lipinski definition) is 1. The van der Waals surface area contributed by atoms with Crippen LogP contribution < -0.4 is 5.73 Å². The highest BCUT2D eigenvalue weighted by Gasteiger charge is 2.41. The van der Waals surface area contributed by atoms with Crippen LogP contribution in [0.4, 0.5) is 0 Å². The lowest BCUT2D eigenvalue weighted by Gasteiger charge is -2.40. The van der Waals surface area contributed by atoms with Gasteiger partial charge in [0, 0.05) is 6.04 Å². The SMILES string of the molecule is CCCc1ccc(C2(C)CN=C(N)N2C(C)CC)cc1. The second-order valence-electron chi connectivity index (χ2n) is 6.02. The zero-order chi connectivity index (χ0) is 14.8. The van der Waals surface area contributed by atoms with E-state index in [-0.39, 0.29) is 5.54 Å². The molecule has 2 atom stereocenters. The molecule has 2 rings (SSSR count). The summed E-state index contributed by atoms with van der Waals surface area (Å²) in [5.41, 5.74) is 8.73. The van der Waals surface area contributed by atoms with E-state index in [4.69, 9.17) is 5.73 Å². The van der Waals surface area contributed by atoms with Crippen molar-refractivity contribution in [1.82, 2.24) is 4.90 Å². The highest BCUT2D eigenvalue weighted by Crippen LogP contribution is 2.35. The van der Waals surface area contributed by atoms with Crippen LogP contribution in [0, 0.1) is 0 Å². The lowest BCUT2D eigenvalue weighted by atomic mass is 9.88. The number of rotatable bonds is 5. The predicted molar refractivity (Wildman–Crippen MR) is 85.9 cm³/mol. The van der Waals surface area contributed by atoms with Crippen LogP contribution in [0.2, 0.25) is 0 Å². The van der Waals surface area contributed by atoms with Gasteiger partial charge in [-0.25, -0.2) is 0 Å². The molecule has 0 bridgehead atoms. The van der Waals surface area contributed by atoms with Gasteiger partial charge in [-0.05, 0) is 37.8 Å². The molecule has 1 aromatic carbocycles. The highest BCUT2D eigenvalue weighted by molar-refractivity contribution is 5.81. The maximum absolute atomic E-state index is 6.12. The van der Waals surface area contributed by atoms with Crippen molar-refractivity contribution < 1.29 is 0 Å². The van der Waals surface area contributed by atoms with Crippen LogP contribution in [0.1, 0.15) is 51.7 Å². The second-order valence-corrected chi connectivity index (χ2v) is 6.02. The van der Waals surface area contributed by atoms with Gasteiger partial charge >= 0.3 is 0 Å². The minimum atomic E-state index is -0.107. The standard InChI is InChI=1S/C17H27N3/c1-5-7-14-8-10-15(11-9-14)17(4)12-19-16(18)20(17)13(3)6-2/h8-11,13H,5-7,12H2,1-4H3,(H2,18,19). The van der Waals surface area contributed by atoms with Crippen LogP contribution in [0.15, 0.2) is 29.3 Å². The first-order valence-electron chi connectivity index (χ1n) is 7.71. The van der Waals surface area contributed by atoms with Gasteiger partial charge in [0.2, 0.25) is 0 Å². The molecule has 0 saturated carbocycles. The summed E-state index contributed by atoms with van der Waals surface area (Å²) in [6.07, 6.45) is 3.40. The quantitative estimate of drug-likeness (QED) is 0.894. The number of hydrogen-bond acceptors (Lipinski definition) is 3. The molecule has 0 amide bonds. The first-order chi connectivity index (χ1) is 9.52. The van der Waals surface area contributed by atoms with Gasteiger partial charge in [0.15, 0.2) is 5.96 Å². The molecule has 2 N–H and O–H groups in total. The Labute approximate surface area is 122 Å². The van der Waals surface area contributed by atoms with E-state index in [1.807, 2.05) is 0 Å². The number of nitrogens with two attached hydrogens (primary N) is 1. The maximum Gasteiger partial charge on any atom is 0.192 e. The van der Waals surface area contributed by atoms with Crippen molar-refractivity contribution >= 4 is 5.96 Å². The van der Waals surface area contributed by atoms with Gasteiger partial charge in [-0.15, -0.1) is 0 Å². The number of nitrogens with zero attached hydrogens (tertiary/aromatic N) is 2. The van der Waals surface area contributed by atoms with Crippen molar-refractivity contribution in [2.24, 2.45) is 10.7 Å². The first-order valence-corrected chi connectivity index (χ1v) is 7.71. The van der Waals surface area contributed by atoms with Gasteiger partial charge in [-0.1, -0.05) is 44.5 Å². The molecule has 0 saturated heterocycles. The minimum Gasteiger partial charge on any atom is -0.370 e. The monoisotopic (exact) mass is 273 g/mol. The van der Waals surface area contributed by atoms with Crippen molar-refractivity contribution in [3.8, 4) is 0 Å². The third-order valence-electron chi connectivity index (χ3n) is 4.47.